The fourth-order valence-electron chi connectivity index (χ4n) is 4.38. The minimum absolute atomic E-state index is 0.0409. The largest absolute Gasteiger partial charge is 0.481 e. The Morgan fingerprint density at radius 3 is 2.22 bits per heavy atom. The molecule has 3 rings (SSSR count). The summed E-state index contributed by atoms with van der Waals surface area (Å²) in [6.07, 6.45) is -3.83. The standard InChI is InChI=1S/C16H23F3N4O.C6H8O7/c1-3-5-15(24)22-7-4-6-12(22)11-9-14-20-10(2)8-13(16(17,18)19)23(14)21-11;7-3(8)1-6(13,5(11)12)2-4(9)10/h9-10,12-13,20H,3-8H2,1-2H3;13H,1-2H2,(H,7,8)(H,9,10)(H,11,12)/t10-,12?,13-;/m1./s1. The van der Waals surface area contributed by atoms with Crippen LogP contribution < -0.4 is 5.32 Å². The minimum Gasteiger partial charge on any atom is -0.481 e. The van der Waals surface area contributed by atoms with Gasteiger partial charge in [0.25, 0.3) is 0 Å². The molecule has 1 amide bonds. The van der Waals surface area contributed by atoms with Crippen molar-refractivity contribution < 1.29 is 52.8 Å². The topological polar surface area (TPSA) is 182 Å². The number of nitrogens with zero attached hydrogens (tertiary/aromatic N) is 3. The lowest BCUT2D eigenvalue weighted by Gasteiger charge is -2.31. The third-order valence-corrected chi connectivity index (χ3v) is 6.06. The van der Waals surface area contributed by atoms with Gasteiger partial charge in [0.05, 0.1) is 24.6 Å². The van der Waals surface area contributed by atoms with Crippen LogP contribution >= 0.6 is 0 Å². The van der Waals surface area contributed by atoms with E-state index in [2.05, 4.69) is 10.4 Å². The van der Waals surface area contributed by atoms with E-state index in [0.29, 0.717) is 24.5 Å². The van der Waals surface area contributed by atoms with Gasteiger partial charge in [-0.25, -0.2) is 9.48 Å². The summed E-state index contributed by atoms with van der Waals surface area (Å²) < 4.78 is 41.0. The second-order valence-corrected chi connectivity index (χ2v) is 9.21. The van der Waals surface area contributed by atoms with E-state index in [-0.39, 0.29) is 24.4 Å². The number of aromatic nitrogens is 2. The molecule has 1 saturated heterocycles. The lowest BCUT2D eigenvalue weighted by atomic mass is 9.96. The molecule has 37 heavy (non-hydrogen) atoms. The lowest BCUT2D eigenvalue weighted by Crippen LogP contribution is -2.42. The first kappa shape index (κ1) is 29.9. The van der Waals surface area contributed by atoms with Crippen molar-refractivity contribution in [2.24, 2.45) is 0 Å². The molecule has 0 aromatic carbocycles. The van der Waals surface area contributed by atoms with Crippen LogP contribution in [-0.4, -0.2) is 83.3 Å². The van der Waals surface area contributed by atoms with Crippen molar-refractivity contribution in [3.05, 3.63) is 11.8 Å². The number of fused-ring (bicyclic) bond motifs is 1. The maximum Gasteiger partial charge on any atom is 0.410 e. The molecule has 0 bridgehead atoms. The normalized spacial score (nSPS) is 21.4. The fraction of sp³-hybridized carbons (Fsp3) is 0.682. The average Bonchev–Trinajstić information content (AvgIpc) is 3.38. The van der Waals surface area contributed by atoms with E-state index in [1.807, 2.05) is 6.92 Å². The summed E-state index contributed by atoms with van der Waals surface area (Å²) in [4.78, 5) is 44.5. The fourth-order valence-corrected chi connectivity index (χ4v) is 4.38. The zero-order chi connectivity index (χ0) is 28.1. The molecule has 2 aliphatic rings. The zero-order valence-corrected chi connectivity index (χ0v) is 20.4. The number of anilines is 1. The average molecular weight is 537 g/mol. The first-order valence-corrected chi connectivity index (χ1v) is 11.7. The predicted octanol–water partition coefficient (Wildman–Crippen LogP) is 2.41. The summed E-state index contributed by atoms with van der Waals surface area (Å²) in [6.45, 7) is 4.33. The Kier molecular flexibility index (Phi) is 9.52. The number of rotatable bonds is 8. The minimum atomic E-state index is -4.33. The highest BCUT2D eigenvalue weighted by Crippen LogP contribution is 2.41. The van der Waals surface area contributed by atoms with Crippen LogP contribution in [0.1, 0.15) is 76.6 Å². The number of halogens is 3. The van der Waals surface area contributed by atoms with E-state index < -0.39 is 48.6 Å². The number of alkyl halides is 3. The molecule has 1 aromatic rings. The number of carbonyl (C=O) groups excluding carboxylic acids is 1. The molecular formula is C22H31F3N4O8. The summed E-state index contributed by atoms with van der Waals surface area (Å²) in [5.74, 6) is -4.57. The molecule has 3 heterocycles. The Morgan fingerprint density at radius 1 is 1.14 bits per heavy atom. The van der Waals surface area contributed by atoms with Crippen molar-refractivity contribution in [3.63, 3.8) is 0 Å². The highest BCUT2D eigenvalue weighted by Gasteiger charge is 2.46. The lowest BCUT2D eigenvalue weighted by molar-refractivity contribution is -0.173. The molecule has 208 valence electrons. The molecule has 1 aromatic heterocycles. The SMILES string of the molecule is CCCC(=O)N1CCCC1c1cc2n(n1)[C@@H](C(F)(F)F)C[C@@H](C)N2.O=C(O)CC(O)(CC(=O)O)C(=O)O. The summed E-state index contributed by atoms with van der Waals surface area (Å²) in [6, 6.07) is -0.418. The van der Waals surface area contributed by atoms with Gasteiger partial charge >= 0.3 is 24.1 Å². The van der Waals surface area contributed by atoms with Crippen molar-refractivity contribution in [1.29, 1.82) is 0 Å². The smallest absolute Gasteiger partial charge is 0.410 e. The molecule has 3 atom stereocenters. The van der Waals surface area contributed by atoms with E-state index in [0.717, 1.165) is 23.9 Å². The third-order valence-electron chi connectivity index (χ3n) is 6.06. The van der Waals surface area contributed by atoms with Gasteiger partial charge in [0.1, 0.15) is 5.82 Å². The molecule has 0 spiro atoms. The number of carboxylic acid groups (broad SMARTS) is 3. The van der Waals surface area contributed by atoms with Crippen molar-refractivity contribution in [2.45, 2.75) is 88.7 Å². The molecule has 15 heteroatoms. The van der Waals surface area contributed by atoms with Crippen LogP contribution in [0.15, 0.2) is 6.07 Å². The molecule has 2 aliphatic heterocycles. The van der Waals surface area contributed by atoms with Gasteiger partial charge in [-0.1, -0.05) is 6.92 Å². The van der Waals surface area contributed by atoms with Crippen molar-refractivity contribution in [1.82, 2.24) is 14.7 Å². The summed E-state index contributed by atoms with van der Waals surface area (Å²) in [5, 5.41) is 41.1. The highest BCUT2D eigenvalue weighted by atomic mass is 19.4. The number of aliphatic hydroxyl groups is 1. The monoisotopic (exact) mass is 536 g/mol. The number of carbonyl (C=O) groups is 4. The van der Waals surface area contributed by atoms with Gasteiger partial charge in [0.2, 0.25) is 5.91 Å². The Morgan fingerprint density at radius 2 is 1.73 bits per heavy atom. The number of amides is 1. The van der Waals surface area contributed by atoms with Gasteiger partial charge in [0.15, 0.2) is 11.6 Å². The Balaban J connectivity index is 0.000000317. The second-order valence-electron chi connectivity index (χ2n) is 9.21. The molecule has 5 N–H and O–H groups in total. The molecule has 0 radical (unpaired) electrons. The van der Waals surface area contributed by atoms with Crippen molar-refractivity contribution in [2.75, 3.05) is 11.9 Å². The molecular weight excluding hydrogens is 505 g/mol. The summed E-state index contributed by atoms with van der Waals surface area (Å²) in [5.41, 5.74) is -2.18. The number of carboxylic acids is 3. The van der Waals surface area contributed by atoms with E-state index >= 15 is 0 Å². The van der Waals surface area contributed by atoms with E-state index in [4.69, 9.17) is 20.4 Å². The van der Waals surface area contributed by atoms with E-state index in [9.17, 15) is 32.3 Å². The Bertz CT molecular complexity index is 997. The zero-order valence-electron chi connectivity index (χ0n) is 20.4. The van der Waals surface area contributed by atoms with Gasteiger partial charge in [-0.3, -0.25) is 14.4 Å². The quantitative estimate of drug-likeness (QED) is 0.331. The van der Waals surface area contributed by atoms with Crippen LogP contribution in [0.2, 0.25) is 0 Å². The predicted molar refractivity (Wildman–Crippen MR) is 121 cm³/mol. The van der Waals surface area contributed by atoms with Crippen LogP contribution in [0.5, 0.6) is 0 Å². The Labute approximate surface area is 210 Å². The van der Waals surface area contributed by atoms with Crippen LogP contribution in [0.3, 0.4) is 0 Å². The maximum absolute atomic E-state index is 13.3. The van der Waals surface area contributed by atoms with Gasteiger partial charge in [0, 0.05) is 25.1 Å². The maximum atomic E-state index is 13.3. The first-order valence-electron chi connectivity index (χ1n) is 11.7. The van der Waals surface area contributed by atoms with Crippen LogP contribution in [0.25, 0.3) is 0 Å². The van der Waals surface area contributed by atoms with Crippen LogP contribution in [-0.2, 0) is 19.2 Å². The second kappa shape index (κ2) is 11.8. The van der Waals surface area contributed by atoms with E-state index in [1.165, 1.54) is 0 Å². The Hall–Kier alpha value is -3.36. The first-order chi connectivity index (χ1) is 17.1. The van der Waals surface area contributed by atoms with Gasteiger partial charge in [-0.15, -0.1) is 0 Å². The summed E-state index contributed by atoms with van der Waals surface area (Å²) in [7, 11) is 0. The van der Waals surface area contributed by atoms with Gasteiger partial charge in [-0.05, 0) is 32.6 Å². The van der Waals surface area contributed by atoms with Gasteiger partial charge < -0.3 is 30.6 Å². The van der Waals surface area contributed by atoms with E-state index in [1.54, 1.807) is 17.9 Å². The highest BCUT2D eigenvalue weighted by molar-refractivity contribution is 5.88. The number of hydrogen-bond acceptors (Lipinski definition) is 7. The number of likely N-dealkylation sites (tertiary alicyclic amines) is 1. The molecule has 1 fully saturated rings. The molecule has 0 saturated carbocycles. The summed E-state index contributed by atoms with van der Waals surface area (Å²) >= 11 is 0. The molecule has 0 aliphatic carbocycles. The number of aliphatic carboxylic acids is 3. The molecule has 1 unspecified atom stereocenters. The molecule has 12 nitrogen and oxygen atoms in total. The number of hydrogen-bond donors (Lipinski definition) is 5. The van der Waals surface area contributed by atoms with Crippen molar-refractivity contribution >= 4 is 29.6 Å². The van der Waals surface area contributed by atoms with Gasteiger partial charge in [-0.2, -0.15) is 18.3 Å². The number of nitrogens with one attached hydrogen (secondary N) is 1. The van der Waals surface area contributed by atoms with Crippen molar-refractivity contribution in [3.8, 4) is 0 Å². The van der Waals surface area contributed by atoms with Crippen LogP contribution in [0.4, 0.5) is 19.0 Å². The van der Waals surface area contributed by atoms with Crippen LogP contribution in [0, 0.1) is 0 Å². The third kappa shape index (κ3) is 7.57.